The smallest absolute Gasteiger partial charge is 0.871 e. The van der Waals surface area contributed by atoms with Crippen LogP contribution in [-0.4, -0.2) is 21.1 Å². The Morgan fingerprint density at radius 1 is 1.03 bits per heavy atom. The molecule has 0 aliphatic heterocycles. The fourth-order valence-electron chi connectivity index (χ4n) is 3.22. The molecule has 1 unspecified atom stereocenters. The number of nitrogens with zero attached hydrogens (tertiary/aromatic N) is 2. The maximum Gasteiger partial charge on any atom is 1.00 e. The molecule has 0 fully saturated rings. The minimum atomic E-state index is -1.44. The Morgan fingerprint density at radius 3 is 2.29 bits per heavy atom. The Balaban J connectivity index is 0.00000289. The summed E-state index contributed by atoms with van der Waals surface area (Å²) in [6.07, 6.45) is 2.16. The molecule has 0 aliphatic rings. The van der Waals surface area contributed by atoms with Crippen LogP contribution < -0.4 is 91.1 Å². The van der Waals surface area contributed by atoms with Crippen LogP contribution in [0.5, 0.6) is 5.75 Å². The standard InChI is InChI=1S/C22H22N4O6.2Na/c1-13-11-25(2)21(31)19(20(13)30)24-22(32)23-16(10-18(28)29)14-8-9-17(27)26(12-14)15-6-4-3-5-7-15;;/h3-9,11-12,16,30H,10H2,1-2H3,(H,28,29)(H2,23,24,32);;/q;2*+1/p-2. The summed E-state index contributed by atoms with van der Waals surface area (Å²) in [7, 11) is 1.43. The van der Waals surface area contributed by atoms with Crippen LogP contribution in [0.2, 0.25) is 0 Å². The fraction of sp³-hybridized carbons (Fsp3) is 0.182. The van der Waals surface area contributed by atoms with Crippen LogP contribution in [0.1, 0.15) is 23.6 Å². The Morgan fingerprint density at radius 2 is 1.68 bits per heavy atom. The molecule has 2 aromatic heterocycles. The molecule has 0 radical (unpaired) electrons. The van der Waals surface area contributed by atoms with Crippen LogP contribution in [0.15, 0.2) is 64.4 Å². The van der Waals surface area contributed by atoms with Gasteiger partial charge in [-0.3, -0.25) is 14.2 Å². The zero-order valence-corrected chi connectivity index (χ0v) is 23.3. The zero-order valence-electron chi connectivity index (χ0n) is 19.3. The Kier molecular flexibility index (Phi) is 11.3. The summed E-state index contributed by atoms with van der Waals surface area (Å²) in [5.41, 5.74) is -0.390. The Labute approximate surface area is 239 Å². The number of carboxylic acid groups (broad SMARTS) is 1. The number of aliphatic carboxylic acids is 1. The SMILES string of the molecule is Cc1cn(C)c(=O)c(NC(=O)NC(CC(=O)[O-])c2ccc(=O)n(-c3ccccc3)c2)c1[O-].[Na+].[Na+]. The van der Waals surface area contributed by atoms with Gasteiger partial charge in [0.05, 0.1) is 6.04 Å². The van der Waals surface area contributed by atoms with Crippen molar-refractivity contribution in [3.8, 4) is 11.4 Å². The van der Waals surface area contributed by atoms with Crippen LogP contribution >= 0.6 is 0 Å². The minimum absolute atomic E-state index is 0. The van der Waals surface area contributed by atoms with Gasteiger partial charge in [-0.1, -0.05) is 23.9 Å². The van der Waals surface area contributed by atoms with E-state index in [1.165, 1.54) is 43.1 Å². The molecule has 2 N–H and O–H groups in total. The van der Waals surface area contributed by atoms with Gasteiger partial charge >= 0.3 is 65.1 Å². The number of anilines is 1. The van der Waals surface area contributed by atoms with Gasteiger partial charge in [-0.25, -0.2) is 4.79 Å². The summed E-state index contributed by atoms with van der Waals surface area (Å²) in [4.78, 5) is 48.3. The molecule has 166 valence electrons. The maximum absolute atomic E-state index is 12.5. The number of hydrogen-bond donors (Lipinski definition) is 2. The number of nitrogens with one attached hydrogen (secondary N) is 2. The summed E-state index contributed by atoms with van der Waals surface area (Å²) >= 11 is 0. The molecule has 3 aromatic rings. The number of rotatable bonds is 6. The van der Waals surface area contributed by atoms with Crippen molar-refractivity contribution in [3.63, 3.8) is 0 Å². The van der Waals surface area contributed by atoms with Gasteiger partial charge < -0.3 is 30.2 Å². The molecule has 3 rings (SSSR count). The van der Waals surface area contributed by atoms with E-state index in [9.17, 15) is 29.4 Å². The average molecular weight is 482 g/mol. The second-order valence-electron chi connectivity index (χ2n) is 7.17. The van der Waals surface area contributed by atoms with E-state index in [2.05, 4.69) is 10.6 Å². The molecule has 0 aliphatic carbocycles. The maximum atomic E-state index is 12.5. The van der Waals surface area contributed by atoms with E-state index in [4.69, 9.17) is 0 Å². The molecule has 0 saturated carbocycles. The zero-order chi connectivity index (χ0) is 23.4. The number of carbonyl (C=O) groups is 2. The van der Waals surface area contributed by atoms with E-state index < -0.39 is 41.5 Å². The Hall–Kier alpha value is -2.34. The van der Waals surface area contributed by atoms with E-state index >= 15 is 0 Å². The van der Waals surface area contributed by atoms with E-state index in [-0.39, 0.29) is 70.2 Å². The number of carbonyl (C=O) groups excluding carboxylic acids is 2. The summed E-state index contributed by atoms with van der Waals surface area (Å²) < 4.78 is 2.46. The predicted molar refractivity (Wildman–Crippen MR) is 112 cm³/mol. The molecule has 34 heavy (non-hydrogen) atoms. The van der Waals surface area contributed by atoms with E-state index in [1.54, 1.807) is 30.3 Å². The fourth-order valence-corrected chi connectivity index (χ4v) is 3.22. The third kappa shape index (κ3) is 7.08. The minimum Gasteiger partial charge on any atom is -0.871 e. The van der Waals surface area contributed by atoms with Gasteiger partial charge in [-0.05, 0) is 36.2 Å². The summed E-state index contributed by atoms with van der Waals surface area (Å²) in [5.74, 6) is -2.08. The van der Waals surface area contributed by atoms with Crippen molar-refractivity contribution in [1.29, 1.82) is 0 Å². The van der Waals surface area contributed by atoms with Crippen molar-refractivity contribution >= 4 is 17.7 Å². The van der Waals surface area contributed by atoms with Crippen molar-refractivity contribution in [1.82, 2.24) is 14.5 Å². The molecular formula is C22H20N4Na2O6. The van der Waals surface area contributed by atoms with Gasteiger partial charge in [0.25, 0.3) is 11.1 Å². The van der Waals surface area contributed by atoms with Crippen molar-refractivity contribution in [2.45, 2.75) is 19.4 Å². The number of aromatic nitrogens is 2. The van der Waals surface area contributed by atoms with Crippen LogP contribution in [0.3, 0.4) is 0 Å². The second kappa shape index (κ2) is 12.9. The largest absolute Gasteiger partial charge is 1.00 e. The third-order valence-corrected chi connectivity index (χ3v) is 4.79. The number of aryl methyl sites for hydroxylation is 2. The summed E-state index contributed by atoms with van der Waals surface area (Å²) in [6.45, 7) is 1.50. The van der Waals surface area contributed by atoms with Crippen molar-refractivity contribution in [2.24, 2.45) is 7.05 Å². The van der Waals surface area contributed by atoms with E-state index in [1.807, 2.05) is 0 Å². The number of amides is 2. The van der Waals surface area contributed by atoms with Gasteiger partial charge in [0.1, 0.15) is 5.69 Å². The molecule has 10 nitrogen and oxygen atoms in total. The first-order chi connectivity index (χ1) is 15.2. The van der Waals surface area contributed by atoms with Crippen molar-refractivity contribution in [2.75, 3.05) is 5.32 Å². The molecule has 0 spiro atoms. The monoisotopic (exact) mass is 482 g/mol. The second-order valence-corrected chi connectivity index (χ2v) is 7.17. The summed E-state index contributed by atoms with van der Waals surface area (Å²) in [5, 5.41) is 28.2. The molecule has 2 heterocycles. The van der Waals surface area contributed by atoms with Gasteiger partial charge in [0.2, 0.25) is 0 Å². The number of pyridine rings is 2. The van der Waals surface area contributed by atoms with E-state index in [0.717, 1.165) is 4.57 Å². The average Bonchev–Trinajstić information content (AvgIpc) is 2.75. The van der Waals surface area contributed by atoms with Crippen LogP contribution in [0.4, 0.5) is 10.5 Å². The first-order valence-electron chi connectivity index (χ1n) is 9.60. The van der Waals surface area contributed by atoms with Gasteiger partial charge in [-0.2, -0.15) is 0 Å². The first-order valence-corrected chi connectivity index (χ1v) is 9.60. The summed E-state index contributed by atoms with van der Waals surface area (Å²) in [6, 6.07) is 9.24. The number of urea groups is 1. The molecule has 1 atom stereocenters. The Bertz CT molecular complexity index is 1290. The number of para-hydroxylation sites is 1. The molecule has 1 aromatic carbocycles. The number of hydrogen-bond acceptors (Lipinski definition) is 6. The molecular weight excluding hydrogens is 462 g/mol. The van der Waals surface area contributed by atoms with Crippen LogP contribution in [0.25, 0.3) is 5.69 Å². The van der Waals surface area contributed by atoms with Gasteiger partial charge in [-0.15, -0.1) is 0 Å². The molecule has 2 amide bonds. The third-order valence-electron chi connectivity index (χ3n) is 4.79. The predicted octanol–water partition coefficient (Wildman–Crippen LogP) is -6.07. The van der Waals surface area contributed by atoms with Crippen molar-refractivity contribution in [3.05, 3.63) is 86.7 Å². The van der Waals surface area contributed by atoms with Crippen LogP contribution in [0, 0.1) is 6.92 Å². The molecule has 0 saturated heterocycles. The number of benzene rings is 1. The molecule has 12 heteroatoms. The first kappa shape index (κ1) is 29.7. The van der Waals surface area contributed by atoms with Gasteiger partial charge in [0.15, 0.2) is 0 Å². The number of carboxylic acids is 1. The van der Waals surface area contributed by atoms with Crippen LogP contribution in [-0.2, 0) is 11.8 Å². The molecule has 0 bridgehead atoms. The topological polar surface area (TPSA) is 148 Å². The van der Waals surface area contributed by atoms with Gasteiger partial charge in [0, 0.05) is 43.6 Å². The van der Waals surface area contributed by atoms with E-state index in [0.29, 0.717) is 11.3 Å². The normalized spacial score (nSPS) is 10.9. The van der Waals surface area contributed by atoms with Crippen molar-refractivity contribution < 1.29 is 78.9 Å². The quantitative estimate of drug-likeness (QED) is 0.334.